The fraction of sp³-hybridized carbons (Fsp3) is 0.211. The van der Waals surface area contributed by atoms with Crippen molar-refractivity contribution in [3.05, 3.63) is 70.6 Å². The molecule has 0 saturated carbocycles. The van der Waals surface area contributed by atoms with Gasteiger partial charge >= 0.3 is 0 Å². The lowest BCUT2D eigenvalue weighted by Gasteiger charge is -2.13. The lowest BCUT2D eigenvalue weighted by Crippen LogP contribution is -2.18. The summed E-state index contributed by atoms with van der Waals surface area (Å²) in [5.41, 5.74) is 9.73. The summed E-state index contributed by atoms with van der Waals surface area (Å²) >= 11 is 3.46. The third-order valence-corrected chi connectivity index (χ3v) is 4.64. The van der Waals surface area contributed by atoms with Crippen LogP contribution in [0.25, 0.3) is 11.3 Å². The summed E-state index contributed by atoms with van der Waals surface area (Å²) < 4.78 is 8.31. The highest BCUT2D eigenvalue weighted by atomic mass is 79.9. The molecule has 0 aliphatic heterocycles. The SMILES string of the molecule is COc1ccc(C[C@H](N)c2ncc(-c3ccc(Br)cc3)n2C)cc1. The predicted octanol–water partition coefficient (Wildman–Crippen LogP) is 4.10. The number of nitrogens with zero attached hydrogens (tertiary/aromatic N) is 2. The van der Waals surface area contributed by atoms with E-state index < -0.39 is 0 Å². The molecule has 0 aliphatic carbocycles. The van der Waals surface area contributed by atoms with Gasteiger partial charge in [-0.2, -0.15) is 0 Å². The molecule has 124 valence electrons. The first-order valence-corrected chi connectivity index (χ1v) is 8.54. The van der Waals surface area contributed by atoms with E-state index in [-0.39, 0.29) is 6.04 Å². The van der Waals surface area contributed by atoms with Crippen LogP contribution < -0.4 is 10.5 Å². The average molecular weight is 386 g/mol. The van der Waals surface area contributed by atoms with Crippen molar-refractivity contribution in [3.8, 4) is 17.0 Å². The first kappa shape index (κ1) is 16.7. The molecule has 0 fully saturated rings. The van der Waals surface area contributed by atoms with Crippen LogP contribution in [0.2, 0.25) is 0 Å². The molecule has 2 N–H and O–H groups in total. The van der Waals surface area contributed by atoms with Crippen LogP contribution in [-0.4, -0.2) is 16.7 Å². The number of hydrogen-bond acceptors (Lipinski definition) is 3. The Morgan fingerprint density at radius 1 is 1.12 bits per heavy atom. The van der Waals surface area contributed by atoms with E-state index >= 15 is 0 Å². The standard InChI is InChI=1S/C19H20BrN3O/c1-23-18(14-5-7-15(20)8-6-14)12-22-19(23)17(21)11-13-3-9-16(24-2)10-4-13/h3-10,12,17H,11,21H2,1-2H3/t17-/m0/s1. The maximum absolute atomic E-state index is 6.39. The average Bonchev–Trinajstić information content (AvgIpc) is 2.98. The van der Waals surface area contributed by atoms with E-state index in [4.69, 9.17) is 10.5 Å². The molecule has 3 rings (SSSR count). The number of halogens is 1. The molecule has 1 heterocycles. The third-order valence-electron chi connectivity index (χ3n) is 4.11. The summed E-state index contributed by atoms with van der Waals surface area (Å²) in [6, 6.07) is 16.0. The van der Waals surface area contributed by atoms with Crippen molar-refractivity contribution < 1.29 is 4.74 Å². The molecule has 1 atom stereocenters. The molecule has 0 unspecified atom stereocenters. The van der Waals surface area contributed by atoms with Gasteiger partial charge in [-0.1, -0.05) is 40.2 Å². The van der Waals surface area contributed by atoms with E-state index in [2.05, 4.69) is 37.6 Å². The minimum Gasteiger partial charge on any atom is -0.497 e. The Morgan fingerprint density at radius 3 is 2.42 bits per heavy atom. The lowest BCUT2D eigenvalue weighted by molar-refractivity contribution is 0.414. The zero-order valence-electron chi connectivity index (χ0n) is 13.7. The van der Waals surface area contributed by atoms with Crippen LogP contribution in [0.3, 0.4) is 0 Å². The van der Waals surface area contributed by atoms with Crippen molar-refractivity contribution in [1.29, 1.82) is 0 Å². The van der Waals surface area contributed by atoms with Gasteiger partial charge in [0.15, 0.2) is 0 Å². The third kappa shape index (κ3) is 3.52. The number of rotatable bonds is 5. The summed E-state index contributed by atoms with van der Waals surface area (Å²) in [7, 11) is 3.67. The van der Waals surface area contributed by atoms with E-state index in [1.54, 1.807) is 7.11 Å². The molecule has 0 saturated heterocycles. The molecule has 0 spiro atoms. The van der Waals surface area contributed by atoms with Crippen LogP contribution in [-0.2, 0) is 13.5 Å². The van der Waals surface area contributed by atoms with Crippen LogP contribution >= 0.6 is 15.9 Å². The Balaban J connectivity index is 1.80. The molecule has 2 aromatic carbocycles. The summed E-state index contributed by atoms with van der Waals surface area (Å²) in [5.74, 6) is 1.73. The molecule has 0 bridgehead atoms. The van der Waals surface area contributed by atoms with Gasteiger partial charge in [-0.05, 0) is 41.8 Å². The molecule has 0 radical (unpaired) electrons. The molecular formula is C19H20BrN3O. The second-order valence-corrected chi connectivity index (χ2v) is 6.64. The maximum Gasteiger partial charge on any atom is 0.126 e. The van der Waals surface area contributed by atoms with Crippen LogP contribution in [0, 0.1) is 0 Å². The molecular weight excluding hydrogens is 366 g/mol. The van der Waals surface area contributed by atoms with E-state index in [1.807, 2.05) is 49.6 Å². The van der Waals surface area contributed by atoms with Crippen molar-refractivity contribution in [2.24, 2.45) is 12.8 Å². The van der Waals surface area contributed by atoms with Crippen LogP contribution in [0.15, 0.2) is 59.2 Å². The van der Waals surface area contributed by atoms with E-state index in [1.165, 1.54) is 0 Å². The van der Waals surface area contributed by atoms with Gasteiger partial charge in [-0.15, -0.1) is 0 Å². The van der Waals surface area contributed by atoms with E-state index in [0.717, 1.165) is 39.3 Å². The normalized spacial score (nSPS) is 12.2. The second-order valence-electron chi connectivity index (χ2n) is 5.73. The number of ether oxygens (including phenoxy) is 1. The summed E-state index contributed by atoms with van der Waals surface area (Å²) in [4.78, 5) is 4.55. The van der Waals surface area contributed by atoms with E-state index in [0.29, 0.717) is 0 Å². The summed E-state index contributed by atoms with van der Waals surface area (Å²) in [6.45, 7) is 0. The predicted molar refractivity (Wildman–Crippen MR) is 100.0 cm³/mol. The monoisotopic (exact) mass is 385 g/mol. The number of benzene rings is 2. The highest BCUT2D eigenvalue weighted by Crippen LogP contribution is 2.25. The summed E-state index contributed by atoms with van der Waals surface area (Å²) in [5, 5.41) is 0. The lowest BCUT2D eigenvalue weighted by atomic mass is 10.1. The van der Waals surface area contributed by atoms with Gasteiger partial charge < -0.3 is 15.0 Å². The number of imidazole rings is 1. The van der Waals surface area contributed by atoms with Crippen LogP contribution in [0.4, 0.5) is 0 Å². The molecule has 3 aromatic rings. The Labute approximate surface area is 150 Å². The minimum atomic E-state index is -0.160. The minimum absolute atomic E-state index is 0.160. The van der Waals surface area contributed by atoms with E-state index in [9.17, 15) is 0 Å². The fourth-order valence-electron chi connectivity index (χ4n) is 2.76. The maximum atomic E-state index is 6.39. The zero-order valence-corrected chi connectivity index (χ0v) is 15.3. The van der Waals surface area contributed by atoms with Gasteiger partial charge in [0.25, 0.3) is 0 Å². The van der Waals surface area contributed by atoms with Gasteiger partial charge in [-0.3, -0.25) is 0 Å². The van der Waals surface area contributed by atoms with Crippen molar-refractivity contribution in [2.45, 2.75) is 12.5 Å². The first-order chi connectivity index (χ1) is 11.6. The van der Waals surface area contributed by atoms with Crippen LogP contribution in [0.5, 0.6) is 5.75 Å². The van der Waals surface area contributed by atoms with Gasteiger partial charge in [0.1, 0.15) is 11.6 Å². The van der Waals surface area contributed by atoms with Crippen molar-refractivity contribution in [3.63, 3.8) is 0 Å². The quantitative estimate of drug-likeness (QED) is 0.718. The highest BCUT2D eigenvalue weighted by molar-refractivity contribution is 9.10. The first-order valence-electron chi connectivity index (χ1n) is 7.74. The number of methoxy groups -OCH3 is 1. The second kappa shape index (κ2) is 7.20. The zero-order chi connectivity index (χ0) is 17.1. The molecule has 1 aromatic heterocycles. The number of aromatic nitrogens is 2. The Bertz CT molecular complexity index is 810. The smallest absolute Gasteiger partial charge is 0.126 e. The van der Waals surface area contributed by atoms with Gasteiger partial charge in [0.2, 0.25) is 0 Å². The van der Waals surface area contributed by atoms with Crippen molar-refractivity contribution >= 4 is 15.9 Å². The summed E-state index contributed by atoms with van der Waals surface area (Å²) in [6.07, 6.45) is 2.61. The molecule has 0 aliphatic rings. The van der Waals surface area contributed by atoms with Crippen molar-refractivity contribution in [2.75, 3.05) is 7.11 Å². The van der Waals surface area contributed by atoms with Crippen LogP contribution in [0.1, 0.15) is 17.4 Å². The number of nitrogens with two attached hydrogens (primary N) is 1. The molecule has 4 nitrogen and oxygen atoms in total. The number of hydrogen-bond donors (Lipinski definition) is 1. The molecule has 24 heavy (non-hydrogen) atoms. The topological polar surface area (TPSA) is 53.1 Å². The Morgan fingerprint density at radius 2 is 1.79 bits per heavy atom. The fourth-order valence-corrected chi connectivity index (χ4v) is 3.03. The van der Waals surface area contributed by atoms with Gasteiger partial charge in [-0.25, -0.2) is 4.98 Å². The molecule has 0 amide bonds. The van der Waals surface area contributed by atoms with Gasteiger partial charge in [0.05, 0.1) is 25.0 Å². The molecule has 5 heteroatoms. The largest absolute Gasteiger partial charge is 0.497 e. The Hall–Kier alpha value is -2.11. The van der Waals surface area contributed by atoms with Crippen molar-refractivity contribution in [1.82, 2.24) is 9.55 Å². The van der Waals surface area contributed by atoms with Gasteiger partial charge in [0, 0.05) is 11.5 Å². The Kier molecular flexibility index (Phi) is 5.02. The highest BCUT2D eigenvalue weighted by Gasteiger charge is 2.15.